The van der Waals surface area contributed by atoms with E-state index in [1.807, 2.05) is 25.7 Å². The minimum atomic E-state index is -0.345. The van der Waals surface area contributed by atoms with Gasteiger partial charge in [-0.1, -0.05) is 5.16 Å². The SMILES string of the molecule is CCn1nc(C)c([N+](=O)[O-])c1N1CCC(OCc2c(C)noc2C)C1. The lowest BCUT2D eigenvalue weighted by Gasteiger charge is -2.18. The number of aromatic nitrogens is 3. The molecule has 9 heteroatoms. The zero-order chi connectivity index (χ0) is 18.1. The van der Waals surface area contributed by atoms with E-state index in [4.69, 9.17) is 9.26 Å². The summed E-state index contributed by atoms with van der Waals surface area (Å²) in [5.41, 5.74) is 2.34. The molecule has 136 valence electrons. The molecule has 9 nitrogen and oxygen atoms in total. The first-order valence-electron chi connectivity index (χ1n) is 8.42. The van der Waals surface area contributed by atoms with Gasteiger partial charge in [0.2, 0.25) is 5.82 Å². The Hall–Kier alpha value is -2.42. The quantitative estimate of drug-likeness (QED) is 0.583. The second-order valence-corrected chi connectivity index (χ2v) is 6.30. The van der Waals surface area contributed by atoms with Crippen LogP contribution in [-0.4, -0.2) is 39.1 Å². The highest BCUT2D eigenvalue weighted by atomic mass is 16.6. The number of aryl methyl sites for hydroxylation is 4. The maximum atomic E-state index is 11.4. The van der Waals surface area contributed by atoms with E-state index in [0.29, 0.717) is 37.8 Å². The molecule has 0 radical (unpaired) electrons. The van der Waals surface area contributed by atoms with Gasteiger partial charge in [-0.25, -0.2) is 4.68 Å². The van der Waals surface area contributed by atoms with Crippen molar-refractivity contribution in [1.29, 1.82) is 0 Å². The van der Waals surface area contributed by atoms with Gasteiger partial charge in [0.05, 0.1) is 23.3 Å². The lowest BCUT2D eigenvalue weighted by Crippen LogP contribution is -2.26. The topological polar surface area (TPSA) is 99.5 Å². The van der Waals surface area contributed by atoms with E-state index in [-0.39, 0.29) is 16.7 Å². The number of hydrogen-bond donors (Lipinski definition) is 0. The minimum absolute atomic E-state index is 0.00816. The maximum Gasteiger partial charge on any atom is 0.333 e. The normalized spacial score (nSPS) is 17.4. The third-order valence-corrected chi connectivity index (χ3v) is 4.64. The molecular formula is C16H23N5O4. The highest BCUT2D eigenvalue weighted by Gasteiger charge is 2.34. The van der Waals surface area contributed by atoms with Crippen molar-refractivity contribution in [2.75, 3.05) is 18.0 Å². The summed E-state index contributed by atoms with van der Waals surface area (Å²) in [6.45, 7) is 9.71. The van der Waals surface area contributed by atoms with Gasteiger partial charge in [0, 0.05) is 25.2 Å². The molecule has 0 spiro atoms. The van der Waals surface area contributed by atoms with Gasteiger partial charge in [0.15, 0.2) is 0 Å². The standard InChI is InChI=1S/C16H23N5O4/c1-5-20-16(15(21(22)23)11(3)17-20)19-7-6-13(8-19)24-9-14-10(2)18-25-12(14)4/h13H,5-9H2,1-4H3. The summed E-state index contributed by atoms with van der Waals surface area (Å²) in [7, 11) is 0. The molecule has 1 saturated heterocycles. The van der Waals surface area contributed by atoms with Gasteiger partial charge in [-0.15, -0.1) is 0 Å². The highest BCUT2D eigenvalue weighted by molar-refractivity contribution is 5.62. The maximum absolute atomic E-state index is 11.4. The van der Waals surface area contributed by atoms with Crippen LogP contribution in [0.3, 0.4) is 0 Å². The molecule has 0 bridgehead atoms. The van der Waals surface area contributed by atoms with Gasteiger partial charge in [-0.3, -0.25) is 10.1 Å². The average Bonchev–Trinajstić information content (AvgIpc) is 3.23. The highest BCUT2D eigenvalue weighted by Crippen LogP contribution is 2.34. The van der Waals surface area contributed by atoms with Crippen LogP contribution in [0.4, 0.5) is 11.5 Å². The molecule has 3 heterocycles. The van der Waals surface area contributed by atoms with Crippen molar-refractivity contribution < 1.29 is 14.2 Å². The van der Waals surface area contributed by atoms with Gasteiger partial charge >= 0.3 is 5.69 Å². The molecule has 1 aliphatic heterocycles. The van der Waals surface area contributed by atoms with E-state index in [9.17, 15) is 10.1 Å². The van der Waals surface area contributed by atoms with E-state index >= 15 is 0 Å². The summed E-state index contributed by atoms with van der Waals surface area (Å²) in [5.74, 6) is 1.34. The Morgan fingerprint density at radius 1 is 1.36 bits per heavy atom. The number of ether oxygens (including phenoxy) is 1. The van der Waals surface area contributed by atoms with Crippen LogP contribution >= 0.6 is 0 Å². The van der Waals surface area contributed by atoms with Crippen molar-refractivity contribution in [1.82, 2.24) is 14.9 Å². The third-order valence-electron chi connectivity index (χ3n) is 4.64. The first-order valence-corrected chi connectivity index (χ1v) is 8.42. The molecule has 0 aliphatic carbocycles. The van der Waals surface area contributed by atoms with Crippen molar-refractivity contribution in [2.24, 2.45) is 0 Å². The fourth-order valence-electron chi connectivity index (χ4n) is 3.27. The number of hydrogen-bond acceptors (Lipinski definition) is 7. The van der Waals surface area contributed by atoms with E-state index in [1.165, 1.54) is 0 Å². The summed E-state index contributed by atoms with van der Waals surface area (Å²) in [6, 6.07) is 0. The van der Waals surface area contributed by atoms with Crippen molar-refractivity contribution in [2.45, 2.75) is 53.4 Å². The predicted octanol–water partition coefficient (Wildman–Crippen LogP) is 2.52. The summed E-state index contributed by atoms with van der Waals surface area (Å²) in [4.78, 5) is 13.1. The fraction of sp³-hybridized carbons (Fsp3) is 0.625. The molecule has 2 aromatic heterocycles. The molecule has 0 amide bonds. The zero-order valence-corrected chi connectivity index (χ0v) is 15.0. The molecule has 25 heavy (non-hydrogen) atoms. The second kappa shape index (κ2) is 6.83. The molecule has 0 N–H and O–H groups in total. The lowest BCUT2D eigenvalue weighted by molar-refractivity contribution is -0.384. The minimum Gasteiger partial charge on any atom is -0.371 e. The van der Waals surface area contributed by atoms with Crippen molar-refractivity contribution in [3.05, 3.63) is 32.8 Å². The van der Waals surface area contributed by atoms with Crippen LogP contribution in [0, 0.1) is 30.9 Å². The number of nitrogens with zero attached hydrogens (tertiary/aromatic N) is 5. The third kappa shape index (κ3) is 3.23. The Morgan fingerprint density at radius 3 is 2.72 bits per heavy atom. The Morgan fingerprint density at radius 2 is 2.12 bits per heavy atom. The van der Waals surface area contributed by atoms with Gasteiger partial charge < -0.3 is 14.2 Å². The van der Waals surface area contributed by atoms with Crippen molar-refractivity contribution in [3.8, 4) is 0 Å². The lowest BCUT2D eigenvalue weighted by atomic mass is 10.2. The largest absolute Gasteiger partial charge is 0.371 e. The summed E-state index contributed by atoms with van der Waals surface area (Å²) < 4.78 is 12.8. The van der Waals surface area contributed by atoms with Crippen LogP contribution < -0.4 is 4.90 Å². The Balaban J connectivity index is 1.72. The van der Waals surface area contributed by atoms with Crippen LogP contribution in [0.5, 0.6) is 0 Å². The number of nitro groups is 1. The zero-order valence-electron chi connectivity index (χ0n) is 15.0. The monoisotopic (exact) mass is 349 g/mol. The Bertz CT molecular complexity index is 762. The summed E-state index contributed by atoms with van der Waals surface area (Å²) in [6.07, 6.45) is 0.822. The van der Waals surface area contributed by atoms with Gasteiger partial charge in [-0.2, -0.15) is 5.10 Å². The first-order chi connectivity index (χ1) is 11.9. The van der Waals surface area contributed by atoms with Crippen LogP contribution in [0.15, 0.2) is 4.52 Å². The van der Waals surface area contributed by atoms with E-state index < -0.39 is 0 Å². The molecule has 1 fully saturated rings. The number of anilines is 1. The second-order valence-electron chi connectivity index (χ2n) is 6.30. The average molecular weight is 349 g/mol. The van der Waals surface area contributed by atoms with Gasteiger partial charge in [-0.05, 0) is 34.1 Å². The first kappa shape index (κ1) is 17.4. The van der Waals surface area contributed by atoms with E-state index in [0.717, 1.165) is 23.4 Å². The van der Waals surface area contributed by atoms with Crippen LogP contribution in [0.1, 0.15) is 36.1 Å². The van der Waals surface area contributed by atoms with Crippen LogP contribution in [-0.2, 0) is 17.9 Å². The van der Waals surface area contributed by atoms with Gasteiger partial charge in [0.1, 0.15) is 11.5 Å². The summed E-state index contributed by atoms with van der Waals surface area (Å²) >= 11 is 0. The molecular weight excluding hydrogens is 326 g/mol. The molecule has 0 aromatic carbocycles. The number of rotatable bonds is 6. The Labute approximate surface area is 145 Å². The van der Waals surface area contributed by atoms with Crippen molar-refractivity contribution in [3.63, 3.8) is 0 Å². The smallest absolute Gasteiger partial charge is 0.333 e. The molecule has 1 atom stereocenters. The molecule has 2 aromatic rings. The van der Waals surface area contributed by atoms with E-state index in [2.05, 4.69) is 10.3 Å². The van der Waals surface area contributed by atoms with E-state index in [1.54, 1.807) is 11.6 Å². The van der Waals surface area contributed by atoms with Gasteiger partial charge in [0.25, 0.3) is 0 Å². The summed E-state index contributed by atoms with van der Waals surface area (Å²) in [5, 5.41) is 19.7. The molecule has 0 saturated carbocycles. The van der Waals surface area contributed by atoms with Crippen molar-refractivity contribution >= 4 is 11.5 Å². The van der Waals surface area contributed by atoms with Crippen LogP contribution in [0.25, 0.3) is 0 Å². The Kier molecular flexibility index (Phi) is 4.76. The molecule has 3 rings (SSSR count). The molecule has 1 aliphatic rings. The fourth-order valence-corrected chi connectivity index (χ4v) is 3.27. The molecule has 1 unspecified atom stereocenters. The van der Waals surface area contributed by atoms with Crippen LogP contribution in [0.2, 0.25) is 0 Å². The predicted molar refractivity (Wildman–Crippen MR) is 90.7 cm³/mol.